The monoisotopic (exact) mass is 401 g/mol. The van der Waals surface area contributed by atoms with Crippen molar-refractivity contribution in [3.8, 4) is 0 Å². The molecule has 2 aliphatic heterocycles. The Balaban J connectivity index is 1.44. The molecule has 2 aliphatic rings. The van der Waals surface area contributed by atoms with Crippen LogP contribution in [0.3, 0.4) is 0 Å². The third kappa shape index (κ3) is 3.37. The molecule has 0 bridgehead atoms. The SMILES string of the molecule is C[C@H](C(=O)NCCCN1CCCCC1)N1c2cccc3cccc(c23)S1(=O)=O. The van der Waals surface area contributed by atoms with E-state index in [4.69, 9.17) is 0 Å². The average molecular weight is 402 g/mol. The molecule has 0 aliphatic carbocycles. The van der Waals surface area contributed by atoms with Crippen LogP contribution in [0.5, 0.6) is 0 Å². The number of nitrogens with one attached hydrogen (secondary N) is 1. The molecule has 1 N–H and O–H groups in total. The Morgan fingerprint density at radius 1 is 1.11 bits per heavy atom. The number of hydrogen-bond donors (Lipinski definition) is 1. The second-order valence-corrected chi connectivity index (χ2v) is 9.44. The van der Waals surface area contributed by atoms with E-state index >= 15 is 0 Å². The van der Waals surface area contributed by atoms with E-state index in [0.717, 1.165) is 31.4 Å². The fourth-order valence-electron chi connectivity index (χ4n) is 4.29. The van der Waals surface area contributed by atoms with Crippen molar-refractivity contribution in [2.24, 2.45) is 0 Å². The Morgan fingerprint density at radius 3 is 2.57 bits per heavy atom. The van der Waals surface area contributed by atoms with Gasteiger partial charge >= 0.3 is 0 Å². The molecular formula is C21H27N3O3S. The molecule has 0 saturated carbocycles. The summed E-state index contributed by atoms with van der Waals surface area (Å²) >= 11 is 0. The Hall–Kier alpha value is -2.12. The summed E-state index contributed by atoms with van der Waals surface area (Å²) in [5.74, 6) is -0.257. The van der Waals surface area contributed by atoms with Gasteiger partial charge in [0.2, 0.25) is 5.91 Å². The molecule has 1 atom stereocenters. The lowest BCUT2D eigenvalue weighted by molar-refractivity contribution is -0.121. The second kappa shape index (κ2) is 7.72. The minimum atomic E-state index is -3.73. The normalized spacial score (nSPS) is 19.7. The lowest BCUT2D eigenvalue weighted by Crippen LogP contribution is -2.47. The smallest absolute Gasteiger partial charge is 0.265 e. The maximum Gasteiger partial charge on any atom is 0.265 e. The molecule has 2 aromatic carbocycles. The Labute approximate surface area is 166 Å². The van der Waals surface area contributed by atoms with Crippen molar-refractivity contribution in [3.63, 3.8) is 0 Å². The van der Waals surface area contributed by atoms with Crippen LogP contribution < -0.4 is 9.62 Å². The van der Waals surface area contributed by atoms with Crippen molar-refractivity contribution in [3.05, 3.63) is 36.4 Å². The molecule has 0 radical (unpaired) electrons. The number of rotatable bonds is 6. The highest BCUT2D eigenvalue weighted by molar-refractivity contribution is 7.93. The van der Waals surface area contributed by atoms with Gasteiger partial charge in [-0.25, -0.2) is 8.42 Å². The van der Waals surface area contributed by atoms with Crippen LogP contribution in [-0.4, -0.2) is 51.4 Å². The summed E-state index contributed by atoms with van der Waals surface area (Å²) in [6.07, 6.45) is 4.69. The van der Waals surface area contributed by atoms with Crippen LogP contribution in [0, 0.1) is 0 Å². The molecule has 1 fully saturated rings. The van der Waals surface area contributed by atoms with Gasteiger partial charge in [-0.05, 0) is 63.3 Å². The van der Waals surface area contributed by atoms with E-state index in [1.165, 1.54) is 23.6 Å². The van der Waals surface area contributed by atoms with Crippen molar-refractivity contribution < 1.29 is 13.2 Å². The number of carbonyl (C=O) groups excluding carboxylic acids is 1. The first kappa shape index (κ1) is 19.2. The van der Waals surface area contributed by atoms with Gasteiger partial charge in [0.15, 0.2) is 0 Å². The zero-order chi connectivity index (χ0) is 19.7. The quantitative estimate of drug-likeness (QED) is 0.756. The third-order valence-electron chi connectivity index (χ3n) is 5.75. The first-order valence-electron chi connectivity index (χ1n) is 10.1. The highest BCUT2D eigenvalue weighted by atomic mass is 32.2. The van der Waals surface area contributed by atoms with Gasteiger partial charge < -0.3 is 10.2 Å². The van der Waals surface area contributed by atoms with Crippen LogP contribution >= 0.6 is 0 Å². The highest BCUT2D eigenvalue weighted by Crippen LogP contribution is 2.43. The molecule has 1 amide bonds. The van der Waals surface area contributed by atoms with Gasteiger partial charge in [-0.2, -0.15) is 0 Å². The third-order valence-corrected chi connectivity index (χ3v) is 7.68. The van der Waals surface area contributed by atoms with Crippen LogP contribution in [-0.2, 0) is 14.8 Å². The minimum absolute atomic E-state index is 0.257. The summed E-state index contributed by atoms with van der Waals surface area (Å²) in [4.78, 5) is 15.4. The predicted octanol–water partition coefficient (Wildman–Crippen LogP) is 2.73. The van der Waals surface area contributed by atoms with Gasteiger partial charge in [0, 0.05) is 11.9 Å². The Kier molecular flexibility index (Phi) is 5.29. The topological polar surface area (TPSA) is 69.7 Å². The molecule has 2 heterocycles. The molecule has 28 heavy (non-hydrogen) atoms. The lowest BCUT2D eigenvalue weighted by atomic mass is 10.1. The van der Waals surface area contributed by atoms with E-state index in [1.54, 1.807) is 25.1 Å². The van der Waals surface area contributed by atoms with E-state index in [1.807, 2.05) is 18.2 Å². The van der Waals surface area contributed by atoms with Gasteiger partial charge in [0.1, 0.15) is 6.04 Å². The van der Waals surface area contributed by atoms with E-state index in [2.05, 4.69) is 10.2 Å². The van der Waals surface area contributed by atoms with E-state index in [9.17, 15) is 13.2 Å². The standard InChI is InChI=1S/C21H27N3O3S/c1-16(21(25)22-12-7-15-23-13-3-2-4-14-23)24-18-10-5-8-17-9-6-11-19(20(17)18)28(24,26)27/h5-6,8-11,16H,2-4,7,12-15H2,1H3,(H,22,25)/t16-/m1/s1. The first-order valence-corrected chi connectivity index (χ1v) is 11.5. The molecule has 1 saturated heterocycles. The fraction of sp³-hybridized carbons (Fsp3) is 0.476. The minimum Gasteiger partial charge on any atom is -0.354 e. The molecule has 0 unspecified atom stereocenters. The average Bonchev–Trinajstić information content (AvgIpc) is 2.94. The molecular weight excluding hydrogens is 374 g/mol. The van der Waals surface area contributed by atoms with Crippen LogP contribution in [0.1, 0.15) is 32.6 Å². The van der Waals surface area contributed by atoms with Crippen molar-refractivity contribution in [2.75, 3.05) is 30.5 Å². The van der Waals surface area contributed by atoms with Crippen molar-refractivity contribution in [2.45, 2.75) is 43.5 Å². The predicted molar refractivity (Wildman–Crippen MR) is 111 cm³/mol. The zero-order valence-corrected chi connectivity index (χ0v) is 17.0. The van der Waals surface area contributed by atoms with E-state index < -0.39 is 16.1 Å². The van der Waals surface area contributed by atoms with Crippen molar-refractivity contribution in [1.29, 1.82) is 0 Å². The van der Waals surface area contributed by atoms with Crippen molar-refractivity contribution in [1.82, 2.24) is 10.2 Å². The summed E-state index contributed by atoms with van der Waals surface area (Å²) < 4.78 is 27.4. The summed E-state index contributed by atoms with van der Waals surface area (Å²) in [5, 5.41) is 4.50. The summed E-state index contributed by atoms with van der Waals surface area (Å²) in [5.41, 5.74) is 0.587. The number of carbonyl (C=O) groups is 1. The molecule has 150 valence electrons. The highest BCUT2D eigenvalue weighted by Gasteiger charge is 2.40. The Morgan fingerprint density at radius 2 is 1.82 bits per heavy atom. The number of anilines is 1. The maximum absolute atomic E-state index is 13.1. The molecule has 6 nitrogen and oxygen atoms in total. The van der Waals surface area contributed by atoms with Gasteiger partial charge in [-0.15, -0.1) is 0 Å². The number of piperidine rings is 1. The molecule has 4 rings (SSSR count). The largest absolute Gasteiger partial charge is 0.354 e. The molecule has 7 heteroatoms. The molecule has 2 aromatic rings. The van der Waals surface area contributed by atoms with Crippen LogP contribution in [0.15, 0.2) is 41.3 Å². The van der Waals surface area contributed by atoms with Crippen molar-refractivity contribution >= 4 is 32.4 Å². The summed E-state index contributed by atoms with van der Waals surface area (Å²) in [6.45, 7) is 5.46. The van der Waals surface area contributed by atoms with Crippen LogP contribution in [0.25, 0.3) is 10.8 Å². The van der Waals surface area contributed by atoms with Gasteiger partial charge in [-0.3, -0.25) is 9.10 Å². The zero-order valence-electron chi connectivity index (χ0n) is 16.2. The maximum atomic E-state index is 13.1. The molecule has 0 aromatic heterocycles. The number of nitrogens with zero attached hydrogens (tertiary/aromatic N) is 2. The number of amides is 1. The Bertz CT molecular complexity index is 978. The number of hydrogen-bond acceptors (Lipinski definition) is 4. The van der Waals surface area contributed by atoms with E-state index in [-0.39, 0.29) is 10.8 Å². The van der Waals surface area contributed by atoms with Crippen LogP contribution in [0.4, 0.5) is 5.69 Å². The fourth-order valence-corrected chi connectivity index (χ4v) is 6.16. The molecule has 0 spiro atoms. The van der Waals surface area contributed by atoms with E-state index in [0.29, 0.717) is 17.6 Å². The number of benzene rings is 2. The lowest BCUT2D eigenvalue weighted by Gasteiger charge is -2.27. The second-order valence-electron chi connectivity index (χ2n) is 7.66. The number of likely N-dealkylation sites (tertiary alicyclic amines) is 1. The van der Waals surface area contributed by atoms with Gasteiger partial charge in [0.05, 0.1) is 10.6 Å². The van der Waals surface area contributed by atoms with Gasteiger partial charge in [-0.1, -0.05) is 30.7 Å². The van der Waals surface area contributed by atoms with Gasteiger partial charge in [0.25, 0.3) is 10.0 Å². The number of sulfonamides is 1. The first-order chi connectivity index (χ1) is 13.5. The summed E-state index contributed by atoms with van der Waals surface area (Å²) in [6, 6.07) is 9.96. The summed E-state index contributed by atoms with van der Waals surface area (Å²) in [7, 11) is -3.73. The van der Waals surface area contributed by atoms with Crippen LogP contribution in [0.2, 0.25) is 0 Å².